The molecule has 1 aliphatic rings. The average molecular weight is 613 g/mol. The van der Waals surface area contributed by atoms with E-state index in [0.717, 1.165) is 22.0 Å². The molecule has 0 aliphatic heterocycles. The Kier molecular flexibility index (Phi) is 9.32. The predicted molar refractivity (Wildman–Crippen MR) is 176 cm³/mol. The van der Waals surface area contributed by atoms with Gasteiger partial charge in [-0.25, -0.2) is 0 Å². The maximum absolute atomic E-state index is 13.9. The topological polar surface area (TPSA) is 131 Å². The molecule has 0 fully saturated rings. The first kappa shape index (κ1) is 31.4. The van der Waals surface area contributed by atoms with Gasteiger partial charge in [0.05, 0.1) is 38.7 Å². The van der Waals surface area contributed by atoms with Crippen molar-refractivity contribution in [2.75, 3.05) is 32.0 Å². The van der Waals surface area contributed by atoms with Gasteiger partial charge in [-0.15, -0.1) is 0 Å². The number of benzene rings is 2. The second-order valence-electron chi connectivity index (χ2n) is 11.3. The van der Waals surface area contributed by atoms with Crippen LogP contribution >= 0.6 is 0 Å². The second kappa shape index (κ2) is 13.3. The van der Waals surface area contributed by atoms with Crippen LogP contribution in [0.2, 0.25) is 0 Å². The Labute approximate surface area is 262 Å². The second-order valence-corrected chi connectivity index (χ2v) is 11.3. The molecule has 5 rings (SSSR count). The lowest BCUT2D eigenvalue weighted by atomic mass is 9.95. The summed E-state index contributed by atoms with van der Waals surface area (Å²) in [5.74, 6) is 0.884. The van der Waals surface area contributed by atoms with Gasteiger partial charge in [0.1, 0.15) is 6.04 Å². The number of H-pyrrole nitrogens is 1. The van der Waals surface area contributed by atoms with Crippen LogP contribution in [0.1, 0.15) is 50.8 Å². The molecule has 45 heavy (non-hydrogen) atoms. The fraction of sp³-hybridized carbons (Fsp3) is 0.343. The molecular weight excluding hydrogens is 572 g/mol. The number of aryl methyl sites for hydroxylation is 1. The Morgan fingerprint density at radius 1 is 1.00 bits per heavy atom. The number of hydrogen-bond donors (Lipinski definition) is 4. The Balaban J connectivity index is 1.62. The van der Waals surface area contributed by atoms with Crippen LogP contribution in [0.3, 0.4) is 0 Å². The SMILES string of the molecule is CC[C@@H](C)[C@H](Nc1ccc2c(cc1=O)[C@@H](NC(C)=O)CCc1cc(OC)c(OC)c(OC)c1-2)C(=O)Nc1cccc2[nH]ccc12. The Bertz CT molecular complexity index is 1800. The van der Waals surface area contributed by atoms with Crippen LogP contribution in [-0.2, 0) is 16.0 Å². The van der Waals surface area contributed by atoms with Crippen molar-refractivity contribution in [3.63, 3.8) is 0 Å². The standard InChI is InChI=1S/C35H40N4O6/c1-7-19(2)32(35(42)39-26-10-8-9-25-23(26)15-16-36-25)38-28-14-12-22-24(18-29(28)41)27(37-20(3)40)13-11-21-17-30(43-4)33(44-5)34(45-6)31(21)22/h8-10,12,14-19,27,32,36H,7,11,13H2,1-6H3,(H,37,40)(H,38,41)(H,39,42)/t19-,27+,32+/m1/s1. The third-order valence-electron chi connectivity index (χ3n) is 8.58. The number of aromatic amines is 1. The normalized spacial score (nSPS) is 15.1. The monoisotopic (exact) mass is 612 g/mol. The van der Waals surface area contributed by atoms with Gasteiger partial charge in [0.25, 0.3) is 0 Å². The van der Waals surface area contributed by atoms with Crippen LogP contribution in [-0.4, -0.2) is 44.2 Å². The van der Waals surface area contributed by atoms with Gasteiger partial charge in [-0.05, 0) is 71.8 Å². The van der Waals surface area contributed by atoms with Crippen molar-refractivity contribution in [3.05, 3.63) is 76.1 Å². The Hall–Kier alpha value is -4.99. The summed E-state index contributed by atoms with van der Waals surface area (Å²) in [6.45, 7) is 5.44. The molecule has 10 nitrogen and oxygen atoms in total. The number of nitrogens with one attached hydrogen (secondary N) is 4. The molecule has 1 heterocycles. The van der Waals surface area contributed by atoms with E-state index in [9.17, 15) is 14.4 Å². The summed E-state index contributed by atoms with van der Waals surface area (Å²) in [7, 11) is 4.67. The van der Waals surface area contributed by atoms with E-state index in [1.54, 1.807) is 33.5 Å². The summed E-state index contributed by atoms with van der Waals surface area (Å²) in [5.41, 5.74) is 4.63. The average Bonchev–Trinajstić information content (AvgIpc) is 3.41. The van der Waals surface area contributed by atoms with Gasteiger partial charge in [-0.3, -0.25) is 14.4 Å². The van der Waals surface area contributed by atoms with Gasteiger partial charge in [0.15, 0.2) is 11.5 Å². The molecule has 0 saturated heterocycles. The summed E-state index contributed by atoms with van der Waals surface area (Å²) in [5, 5.41) is 10.3. The lowest BCUT2D eigenvalue weighted by Crippen LogP contribution is -2.40. The van der Waals surface area contributed by atoms with Crippen molar-refractivity contribution < 1.29 is 23.8 Å². The molecule has 2 amide bonds. The number of ether oxygens (including phenoxy) is 3. The van der Waals surface area contributed by atoms with Crippen molar-refractivity contribution >= 4 is 34.1 Å². The minimum Gasteiger partial charge on any atom is -0.493 e. The zero-order chi connectivity index (χ0) is 32.2. The van der Waals surface area contributed by atoms with Gasteiger partial charge < -0.3 is 35.1 Å². The summed E-state index contributed by atoms with van der Waals surface area (Å²) < 4.78 is 17.2. The van der Waals surface area contributed by atoms with E-state index in [1.165, 1.54) is 6.92 Å². The molecule has 4 aromatic rings. The van der Waals surface area contributed by atoms with E-state index in [1.807, 2.05) is 56.4 Å². The van der Waals surface area contributed by atoms with Crippen molar-refractivity contribution in [2.24, 2.45) is 5.92 Å². The number of carbonyl (C=O) groups is 2. The summed E-state index contributed by atoms with van der Waals surface area (Å²) in [6.07, 6.45) is 3.68. The van der Waals surface area contributed by atoms with Gasteiger partial charge >= 0.3 is 0 Å². The minimum atomic E-state index is -0.698. The maximum Gasteiger partial charge on any atom is 0.247 e. The van der Waals surface area contributed by atoms with Gasteiger partial charge in [-0.1, -0.05) is 32.4 Å². The van der Waals surface area contributed by atoms with Crippen LogP contribution in [0.15, 0.2) is 59.5 Å². The summed E-state index contributed by atoms with van der Waals surface area (Å²) in [4.78, 5) is 43.1. The highest BCUT2D eigenvalue weighted by Crippen LogP contribution is 2.50. The van der Waals surface area contributed by atoms with E-state index in [0.29, 0.717) is 53.3 Å². The van der Waals surface area contributed by atoms with E-state index in [-0.39, 0.29) is 28.8 Å². The first-order valence-corrected chi connectivity index (χ1v) is 15.1. The zero-order valence-corrected chi connectivity index (χ0v) is 26.5. The molecule has 236 valence electrons. The number of amides is 2. The lowest BCUT2D eigenvalue weighted by Gasteiger charge is -2.24. The van der Waals surface area contributed by atoms with Crippen molar-refractivity contribution in [1.82, 2.24) is 10.3 Å². The van der Waals surface area contributed by atoms with Crippen molar-refractivity contribution in [3.8, 4) is 28.4 Å². The number of methoxy groups -OCH3 is 3. The van der Waals surface area contributed by atoms with Crippen LogP contribution in [0, 0.1) is 5.92 Å². The number of aromatic nitrogens is 1. The summed E-state index contributed by atoms with van der Waals surface area (Å²) >= 11 is 0. The molecule has 0 unspecified atom stereocenters. The molecular formula is C35H40N4O6. The molecule has 0 bridgehead atoms. The molecule has 1 aromatic heterocycles. The largest absolute Gasteiger partial charge is 0.493 e. The highest BCUT2D eigenvalue weighted by atomic mass is 16.5. The highest BCUT2D eigenvalue weighted by molar-refractivity contribution is 6.04. The first-order chi connectivity index (χ1) is 21.7. The van der Waals surface area contributed by atoms with Crippen LogP contribution in [0.4, 0.5) is 11.4 Å². The highest BCUT2D eigenvalue weighted by Gasteiger charge is 2.30. The van der Waals surface area contributed by atoms with Crippen molar-refractivity contribution in [1.29, 1.82) is 0 Å². The smallest absolute Gasteiger partial charge is 0.247 e. The quantitative estimate of drug-likeness (QED) is 0.178. The van der Waals surface area contributed by atoms with E-state index >= 15 is 0 Å². The van der Waals surface area contributed by atoms with E-state index in [4.69, 9.17) is 14.2 Å². The fourth-order valence-electron chi connectivity index (χ4n) is 6.10. The maximum atomic E-state index is 13.9. The first-order valence-electron chi connectivity index (χ1n) is 15.1. The van der Waals surface area contributed by atoms with Gasteiger partial charge in [-0.2, -0.15) is 0 Å². The molecule has 0 radical (unpaired) electrons. The molecule has 4 N–H and O–H groups in total. The molecule has 3 atom stereocenters. The molecule has 3 aromatic carbocycles. The Morgan fingerprint density at radius 3 is 2.47 bits per heavy atom. The third-order valence-corrected chi connectivity index (χ3v) is 8.58. The van der Waals surface area contributed by atoms with Crippen LogP contribution in [0.5, 0.6) is 17.2 Å². The van der Waals surface area contributed by atoms with Crippen LogP contribution < -0.4 is 35.6 Å². The zero-order valence-electron chi connectivity index (χ0n) is 26.5. The molecule has 1 aliphatic carbocycles. The number of carbonyl (C=O) groups excluding carboxylic acids is 2. The number of rotatable bonds is 10. The number of hydrogen-bond acceptors (Lipinski definition) is 7. The summed E-state index contributed by atoms with van der Waals surface area (Å²) in [6, 6.07) is 13.5. The number of fused-ring (bicyclic) bond motifs is 4. The minimum absolute atomic E-state index is 0.0946. The van der Waals surface area contributed by atoms with Gasteiger partial charge in [0.2, 0.25) is 23.0 Å². The molecule has 0 spiro atoms. The predicted octanol–water partition coefficient (Wildman–Crippen LogP) is 5.81. The number of anilines is 2. The van der Waals surface area contributed by atoms with Gasteiger partial charge in [0, 0.05) is 29.6 Å². The van der Waals surface area contributed by atoms with Crippen molar-refractivity contribution in [2.45, 2.75) is 52.1 Å². The lowest BCUT2D eigenvalue weighted by molar-refractivity contribution is -0.120. The molecule has 10 heteroatoms. The third kappa shape index (κ3) is 6.18. The molecule has 0 saturated carbocycles. The van der Waals surface area contributed by atoms with E-state index < -0.39 is 12.1 Å². The van der Waals surface area contributed by atoms with Crippen LogP contribution in [0.25, 0.3) is 22.0 Å². The van der Waals surface area contributed by atoms with E-state index in [2.05, 4.69) is 20.9 Å². The fourth-order valence-corrected chi connectivity index (χ4v) is 6.10. The Morgan fingerprint density at radius 2 is 1.78 bits per heavy atom.